The highest BCUT2D eigenvalue weighted by Crippen LogP contribution is 2.67. The van der Waals surface area contributed by atoms with Crippen LogP contribution in [0.1, 0.15) is 65.2 Å². The van der Waals surface area contributed by atoms with E-state index in [0.29, 0.717) is 24.2 Å². The Hall–Kier alpha value is -1.31. The van der Waals surface area contributed by atoms with Crippen molar-refractivity contribution in [2.75, 3.05) is 0 Å². The predicted molar refractivity (Wildman–Crippen MR) is 98.1 cm³/mol. The average Bonchev–Trinajstić information content (AvgIpc) is 2.86. The summed E-state index contributed by atoms with van der Waals surface area (Å²) in [6, 6.07) is 0. The fourth-order valence-corrected chi connectivity index (χ4v) is 7.02. The normalized spacial score (nSPS) is 49.8. The van der Waals surface area contributed by atoms with Crippen molar-refractivity contribution in [3.05, 3.63) is 11.6 Å². The summed E-state index contributed by atoms with van der Waals surface area (Å²) in [7, 11) is 0. The number of fused-ring (bicyclic) bond motifs is 5. The third-order valence-corrected chi connectivity index (χ3v) is 8.61. The number of aliphatic hydroxyl groups excluding tert-OH is 1. The zero-order chi connectivity index (χ0) is 18.7. The van der Waals surface area contributed by atoms with Crippen molar-refractivity contribution < 1.29 is 20.1 Å². The van der Waals surface area contributed by atoms with Gasteiger partial charge in [-0.15, -0.1) is 0 Å². The molecule has 0 aromatic heterocycles. The van der Waals surface area contributed by atoms with Gasteiger partial charge >= 0.3 is 5.97 Å². The van der Waals surface area contributed by atoms with Crippen LogP contribution in [0.2, 0.25) is 0 Å². The van der Waals surface area contributed by atoms with Crippen LogP contribution in [0.3, 0.4) is 0 Å². The standard InChI is InChI=1S/C22H30O4/c1-20-9-5-15(23)13-14(20)3-4-16-17(20)6-10-21(2)18(16)7-11-22(21,26)12-8-19(24)25/h3,15-18,23,26H,4-7,9-11,13H2,1-2H3,(H,24,25). The first kappa shape index (κ1) is 18.1. The molecule has 0 aromatic carbocycles. The fraction of sp³-hybridized carbons (Fsp3) is 0.773. The van der Waals surface area contributed by atoms with E-state index in [1.165, 1.54) is 5.57 Å². The van der Waals surface area contributed by atoms with E-state index in [4.69, 9.17) is 5.11 Å². The quantitative estimate of drug-likeness (QED) is 0.459. The SMILES string of the molecule is CC12CCC(O)CC1=CCC1C2CCC2(C)C1CCC2(O)C#CC(=O)O. The molecule has 7 atom stereocenters. The van der Waals surface area contributed by atoms with Gasteiger partial charge in [-0.1, -0.05) is 31.4 Å². The number of allylic oxidation sites excluding steroid dienone is 1. The number of hydrogen-bond donors (Lipinski definition) is 3. The Bertz CT molecular complexity index is 715. The highest BCUT2D eigenvalue weighted by atomic mass is 16.4. The summed E-state index contributed by atoms with van der Waals surface area (Å²) >= 11 is 0. The second-order valence-corrected chi connectivity index (χ2v) is 9.57. The van der Waals surface area contributed by atoms with Crippen molar-refractivity contribution in [3.63, 3.8) is 0 Å². The largest absolute Gasteiger partial charge is 0.472 e. The highest BCUT2D eigenvalue weighted by molar-refractivity contribution is 5.86. The molecular weight excluding hydrogens is 328 g/mol. The van der Waals surface area contributed by atoms with Crippen LogP contribution in [0, 0.1) is 40.4 Å². The third kappa shape index (κ3) is 2.40. The van der Waals surface area contributed by atoms with E-state index >= 15 is 0 Å². The lowest BCUT2D eigenvalue weighted by Crippen LogP contribution is -2.54. The molecule has 0 heterocycles. The Morgan fingerprint density at radius 2 is 1.88 bits per heavy atom. The Kier molecular flexibility index (Phi) is 4.06. The van der Waals surface area contributed by atoms with Crippen LogP contribution in [-0.4, -0.2) is 33.0 Å². The Morgan fingerprint density at radius 1 is 1.15 bits per heavy atom. The van der Waals surface area contributed by atoms with Gasteiger partial charge in [0.1, 0.15) is 5.60 Å². The van der Waals surface area contributed by atoms with E-state index in [1.807, 2.05) is 0 Å². The van der Waals surface area contributed by atoms with Gasteiger partial charge in [0.25, 0.3) is 0 Å². The summed E-state index contributed by atoms with van der Waals surface area (Å²) in [6.45, 7) is 4.51. The number of rotatable bonds is 0. The van der Waals surface area contributed by atoms with Crippen LogP contribution in [0.15, 0.2) is 11.6 Å². The molecule has 4 aliphatic rings. The van der Waals surface area contributed by atoms with E-state index in [-0.39, 0.29) is 16.9 Å². The van der Waals surface area contributed by atoms with Crippen molar-refractivity contribution in [1.29, 1.82) is 0 Å². The lowest BCUT2D eigenvalue weighted by atomic mass is 9.47. The van der Waals surface area contributed by atoms with Gasteiger partial charge in [-0.25, -0.2) is 4.79 Å². The van der Waals surface area contributed by atoms with Crippen LogP contribution in [0.25, 0.3) is 0 Å². The second-order valence-electron chi connectivity index (χ2n) is 9.57. The first-order valence-electron chi connectivity index (χ1n) is 10.1. The predicted octanol–water partition coefficient (Wildman–Crippen LogP) is 3.13. The van der Waals surface area contributed by atoms with Gasteiger partial charge in [0, 0.05) is 11.3 Å². The zero-order valence-electron chi connectivity index (χ0n) is 15.8. The van der Waals surface area contributed by atoms with Crippen molar-refractivity contribution in [2.45, 2.75) is 76.9 Å². The summed E-state index contributed by atoms with van der Waals surface area (Å²) in [5.41, 5.74) is 0.109. The van der Waals surface area contributed by atoms with E-state index in [2.05, 4.69) is 31.8 Å². The minimum atomic E-state index is -1.19. The minimum absolute atomic E-state index is 0.178. The van der Waals surface area contributed by atoms with Gasteiger partial charge in [-0.2, -0.15) is 0 Å². The first-order chi connectivity index (χ1) is 12.2. The molecule has 142 valence electrons. The number of aliphatic hydroxyl groups is 2. The van der Waals surface area contributed by atoms with Crippen LogP contribution in [-0.2, 0) is 4.79 Å². The van der Waals surface area contributed by atoms with Crippen molar-refractivity contribution in [1.82, 2.24) is 0 Å². The topological polar surface area (TPSA) is 77.8 Å². The molecule has 4 rings (SSSR count). The summed E-state index contributed by atoms with van der Waals surface area (Å²) in [4.78, 5) is 10.9. The van der Waals surface area contributed by atoms with E-state index < -0.39 is 11.6 Å². The van der Waals surface area contributed by atoms with E-state index in [9.17, 15) is 15.0 Å². The number of aliphatic carboxylic acids is 1. The van der Waals surface area contributed by atoms with Crippen LogP contribution < -0.4 is 0 Å². The molecule has 3 fully saturated rings. The number of hydrogen-bond acceptors (Lipinski definition) is 3. The maximum Gasteiger partial charge on any atom is 0.382 e. The smallest absolute Gasteiger partial charge is 0.382 e. The highest BCUT2D eigenvalue weighted by Gasteiger charge is 2.63. The minimum Gasteiger partial charge on any atom is -0.472 e. The molecular formula is C22H30O4. The molecule has 4 nitrogen and oxygen atoms in total. The summed E-state index contributed by atoms with van der Waals surface area (Å²) in [5.74, 6) is 5.26. The molecule has 7 unspecified atom stereocenters. The molecule has 3 saturated carbocycles. The Morgan fingerprint density at radius 3 is 2.62 bits per heavy atom. The number of carbonyl (C=O) groups is 1. The molecule has 3 N–H and O–H groups in total. The Labute approximate surface area is 155 Å². The summed E-state index contributed by atoms with van der Waals surface area (Å²) in [5, 5.41) is 30.2. The van der Waals surface area contributed by atoms with Crippen LogP contribution in [0.5, 0.6) is 0 Å². The maximum absolute atomic E-state index is 11.2. The summed E-state index contributed by atoms with van der Waals surface area (Å²) < 4.78 is 0. The van der Waals surface area contributed by atoms with Crippen molar-refractivity contribution >= 4 is 5.97 Å². The molecule has 26 heavy (non-hydrogen) atoms. The number of carboxylic acids is 1. The Balaban J connectivity index is 1.66. The van der Waals surface area contributed by atoms with Crippen LogP contribution >= 0.6 is 0 Å². The molecule has 4 aliphatic carbocycles. The monoisotopic (exact) mass is 358 g/mol. The molecule has 4 heteroatoms. The summed E-state index contributed by atoms with van der Waals surface area (Å²) in [6.07, 6.45) is 9.39. The van der Waals surface area contributed by atoms with E-state index in [0.717, 1.165) is 44.9 Å². The number of carboxylic acid groups (broad SMARTS) is 1. The lowest BCUT2D eigenvalue weighted by Gasteiger charge is -2.58. The van der Waals surface area contributed by atoms with Gasteiger partial charge in [0.05, 0.1) is 6.10 Å². The molecule has 0 radical (unpaired) electrons. The van der Waals surface area contributed by atoms with Gasteiger partial charge in [-0.3, -0.25) is 0 Å². The molecule has 0 bridgehead atoms. The second kappa shape index (κ2) is 5.84. The fourth-order valence-electron chi connectivity index (χ4n) is 7.02. The maximum atomic E-state index is 11.2. The van der Waals surface area contributed by atoms with Gasteiger partial charge < -0.3 is 15.3 Å². The first-order valence-corrected chi connectivity index (χ1v) is 10.1. The molecule has 0 aromatic rings. The zero-order valence-corrected chi connectivity index (χ0v) is 15.8. The third-order valence-electron chi connectivity index (χ3n) is 8.61. The molecule has 0 spiro atoms. The van der Waals surface area contributed by atoms with Crippen LogP contribution in [0.4, 0.5) is 0 Å². The lowest BCUT2D eigenvalue weighted by molar-refractivity contribution is -0.130. The van der Waals surface area contributed by atoms with Gasteiger partial charge in [0.2, 0.25) is 0 Å². The van der Waals surface area contributed by atoms with E-state index in [1.54, 1.807) is 0 Å². The molecule has 0 saturated heterocycles. The van der Waals surface area contributed by atoms with Gasteiger partial charge in [0.15, 0.2) is 0 Å². The molecule has 0 amide bonds. The van der Waals surface area contributed by atoms with Gasteiger partial charge in [-0.05, 0) is 74.5 Å². The molecule has 0 aliphatic heterocycles. The van der Waals surface area contributed by atoms with Crippen molar-refractivity contribution in [2.24, 2.45) is 28.6 Å². The average molecular weight is 358 g/mol. The van der Waals surface area contributed by atoms with Crippen molar-refractivity contribution in [3.8, 4) is 11.8 Å².